The maximum Gasteiger partial charge on any atom is 0.111 e. The van der Waals surface area contributed by atoms with E-state index in [2.05, 4.69) is 11.7 Å². The molecule has 11 heteroatoms. The van der Waals surface area contributed by atoms with E-state index in [0.717, 1.165) is 19.8 Å². The Labute approximate surface area is 146 Å². The van der Waals surface area contributed by atoms with Gasteiger partial charge in [-0.25, -0.2) is 0 Å². The van der Waals surface area contributed by atoms with E-state index in [9.17, 15) is 0 Å². The van der Waals surface area contributed by atoms with Crippen LogP contribution in [0.25, 0.3) is 0 Å². The van der Waals surface area contributed by atoms with Crippen molar-refractivity contribution in [2.75, 3.05) is 46.2 Å². The second kappa shape index (κ2) is 17.0. The highest BCUT2D eigenvalue weighted by molar-refractivity contribution is 4.79. The summed E-state index contributed by atoms with van der Waals surface area (Å²) in [6, 6.07) is 0. The Morgan fingerprint density at radius 3 is 1.12 bits per heavy atom. The monoisotopic (exact) mass is 376 g/mol. The third kappa shape index (κ3) is 19.7. The number of aliphatic hydroxyl groups excluding tert-OH is 9. The number of hydrogen-bond donors (Lipinski definition) is 9. The minimum absolute atomic E-state index is 0.365. The van der Waals surface area contributed by atoms with Crippen molar-refractivity contribution in [2.45, 2.75) is 43.5 Å². The predicted octanol–water partition coefficient (Wildman–Crippen LogP) is -4.83. The van der Waals surface area contributed by atoms with Crippen LogP contribution in [0.3, 0.4) is 0 Å². The zero-order chi connectivity index (χ0) is 19.8. The van der Waals surface area contributed by atoms with Crippen LogP contribution in [0.2, 0.25) is 0 Å². The largest absolute Gasteiger partial charge is 0.394 e. The van der Waals surface area contributed by atoms with Crippen molar-refractivity contribution < 1.29 is 55.4 Å². The summed E-state index contributed by atoms with van der Waals surface area (Å²) >= 11 is 0. The van der Waals surface area contributed by atoms with Gasteiger partial charge in [-0.3, -0.25) is 0 Å². The zero-order valence-corrected chi connectivity index (χ0v) is 14.3. The normalized spacial score (nSPS) is 22.0. The molecule has 11 nitrogen and oxygen atoms in total. The second-order valence-electron chi connectivity index (χ2n) is 5.26. The van der Waals surface area contributed by atoms with Crippen LogP contribution in [0.4, 0.5) is 0 Å². The molecule has 0 aliphatic carbocycles. The van der Waals surface area contributed by atoms with Gasteiger partial charge >= 0.3 is 0 Å². The quantitative estimate of drug-likeness (QED) is 0.192. The van der Waals surface area contributed by atoms with Gasteiger partial charge in [-0.1, -0.05) is 0 Å². The summed E-state index contributed by atoms with van der Waals surface area (Å²) in [6.07, 6.45) is -6.76. The summed E-state index contributed by atoms with van der Waals surface area (Å²) in [6.45, 7) is 2.86. The van der Waals surface area contributed by atoms with Gasteiger partial charge in [0.15, 0.2) is 0 Å². The van der Waals surface area contributed by atoms with Gasteiger partial charge in [-0.2, -0.15) is 0 Å². The van der Waals surface area contributed by atoms with Crippen LogP contribution < -0.4 is 0 Å². The summed E-state index contributed by atoms with van der Waals surface area (Å²) in [5.41, 5.74) is 0. The first-order chi connectivity index (χ1) is 11.7. The Hall–Kier alpha value is -0.440. The van der Waals surface area contributed by atoms with E-state index in [0.29, 0.717) is 6.10 Å². The summed E-state index contributed by atoms with van der Waals surface area (Å²) in [5, 5.41) is 76.2. The molecule has 2 heterocycles. The summed E-state index contributed by atoms with van der Waals surface area (Å²) in [4.78, 5) is 0. The van der Waals surface area contributed by atoms with E-state index in [1.54, 1.807) is 0 Å². The number of aliphatic hydroxyl groups is 9. The average molecular weight is 376 g/mol. The fraction of sp³-hybridized carbons (Fsp3) is 1.00. The molecule has 0 aromatic heterocycles. The highest BCUT2D eigenvalue weighted by atomic mass is 16.6. The van der Waals surface area contributed by atoms with E-state index in [-0.39, 0.29) is 13.2 Å². The van der Waals surface area contributed by atoms with E-state index >= 15 is 0 Å². The molecule has 2 rings (SSSR count). The van der Waals surface area contributed by atoms with Crippen molar-refractivity contribution in [2.24, 2.45) is 0 Å². The van der Waals surface area contributed by atoms with Gasteiger partial charge in [0, 0.05) is 0 Å². The van der Waals surface area contributed by atoms with E-state index < -0.39 is 43.7 Å². The van der Waals surface area contributed by atoms with Crippen molar-refractivity contribution in [3.8, 4) is 0 Å². The molecule has 2 aliphatic heterocycles. The Kier molecular flexibility index (Phi) is 18.2. The highest BCUT2D eigenvalue weighted by Gasteiger charge is 2.29. The van der Waals surface area contributed by atoms with Crippen molar-refractivity contribution in [3.63, 3.8) is 0 Å². The Morgan fingerprint density at radius 1 is 0.760 bits per heavy atom. The fourth-order valence-electron chi connectivity index (χ4n) is 0.825. The van der Waals surface area contributed by atoms with Crippen LogP contribution in [0.1, 0.15) is 6.92 Å². The molecule has 0 spiro atoms. The van der Waals surface area contributed by atoms with Crippen molar-refractivity contribution in [1.82, 2.24) is 0 Å². The van der Waals surface area contributed by atoms with Gasteiger partial charge in [0.1, 0.15) is 30.5 Å². The number of rotatable bonds is 7. The summed E-state index contributed by atoms with van der Waals surface area (Å²) in [5.74, 6) is 0. The lowest BCUT2D eigenvalue weighted by Crippen LogP contribution is -2.46. The molecular weight excluding hydrogens is 344 g/mol. The minimum atomic E-state index is -1.67. The molecule has 0 saturated carbocycles. The Morgan fingerprint density at radius 2 is 1.04 bits per heavy atom. The average Bonchev–Trinajstić information content (AvgIpc) is 3.53. The Bertz CT molecular complexity index is 255. The first-order valence-corrected chi connectivity index (χ1v) is 7.78. The van der Waals surface area contributed by atoms with Crippen LogP contribution in [0.5, 0.6) is 0 Å². The van der Waals surface area contributed by atoms with Crippen LogP contribution in [-0.2, 0) is 9.47 Å². The fourth-order valence-corrected chi connectivity index (χ4v) is 0.825. The van der Waals surface area contributed by atoms with Crippen LogP contribution in [-0.4, -0.2) is 129 Å². The standard InChI is InChI=1S/C6H14O6.C3H8O3.C3H6O.C2H4O/c7-1-3(9)5(11)6(12)4(10)2-8;4-1-3(6)2-5;1-3-2-4-3;1-2-3-1/h3-12H,1-2H2;3-6H,1-2H2;3H,2H2,1H3;1-2H2/t3-,4+,5-,6-;;;/m1.../s1. The van der Waals surface area contributed by atoms with Crippen LogP contribution in [0.15, 0.2) is 0 Å². The van der Waals surface area contributed by atoms with E-state index in [4.69, 9.17) is 50.7 Å². The number of hydrogen-bond acceptors (Lipinski definition) is 11. The molecule has 0 amide bonds. The third-order valence-electron chi connectivity index (χ3n) is 2.64. The predicted molar refractivity (Wildman–Crippen MR) is 84.6 cm³/mol. The maximum absolute atomic E-state index is 8.96. The van der Waals surface area contributed by atoms with E-state index in [1.165, 1.54) is 0 Å². The molecule has 0 aromatic carbocycles. The molecule has 2 fully saturated rings. The minimum Gasteiger partial charge on any atom is -0.394 e. The molecule has 154 valence electrons. The SMILES string of the molecule is C1CO1.CC1CO1.OCC(O)CO.OC[C@@H](O)[C@@H](O)[C@H](O)[C@@H](O)CO. The maximum atomic E-state index is 8.96. The second-order valence-corrected chi connectivity index (χ2v) is 5.26. The lowest BCUT2D eigenvalue weighted by atomic mass is 10.0. The molecule has 2 saturated heterocycles. The molecule has 1 unspecified atom stereocenters. The molecule has 0 radical (unpaired) electrons. The topological polar surface area (TPSA) is 207 Å². The number of epoxide rings is 2. The van der Waals surface area contributed by atoms with Gasteiger partial charge in [0.05, 0.1) is 52.4 Å². The lowest BCUT2D eigenvalue weighted by Gasteiger charge is -2.24. The summed E-state index contributed by atoms with van der Waals surface area (Å²) < 4.78 is 9.21. The molecule has 25 heavy (non-hydrogen) atoms. The van der Waals surface area contributed by atoms with Crippen LogP contribution in [0, 0.1) is 0 Å². The van der Waals surface area contributed by atoms with Gasteiger partial charge in [-0.15, -0.1) is 0 Å². The first kappa shape index (κ1) is 26.8. The van der Waals surface area contributed by atoms with Gasteiger partial charge in [0.2, 0.25) is 0 Å². The molecular formula is C14H32O11. The lowest BCUT2D eigenvalue weighted by molar-refractivity contribution is -0.123. The highest BCUT2D eigenvalue weighted by Crippen LogP contribution is 2.04. The Balaban J connectivity index is 0. The van der Waals surface area contributed by atoms with Gasteiger partial charge in [-0.05, 0) is 6.92 Å². The van der Waals surface area contributed by atoms with Crippen molar-refractivity contribution >= 4 is 0 Å². The molecule has 2 aliphatic rings. The molecule has 5 atom stereocenters. The smallest absolute Gasteiger partial charge is 0.111 e. The molecule has 0 aromatic rings. The molecule has 0 bridgehead atoms. The summed E-state index contributed by atoms with van der Waals surface area (Å²) in [7, 11) is 0. The van der Waals surface area contributed by atoms with Gasteiger partial charge < -0.3 is 55.4 Å². The van der Waals surface area contributed by atoms with Crippen LogP contribution >= 0.6 is 0 Å². The van der Waals surface area contributed by atoms with Gasteiger partial charge in [0.25, 0.3) is 0 Å². The molecule has 9 N–H and O–H groups in total. The third-order valence-corrected chi connectivity index (χ3v) is 2.64. The van der Waals surface area contributed by atoms with Crippen molar-refractivity contribution in [1.29, 1.82) is 0 Å². The zero-order valence-electron chi connectivity index (χ0n) is 14.3. The first-order valence-electron chi connectivity index (χ1n) is 7.78. The van der Waals surface area contributed by atoms with E-state index in [1.807, 2.05) is 0 Å². The number of ether oxygens (including phenoxy) is 2. The van der Waals surface area contributed by atoms with Crippen molar-refractivity contribution in [3.05, 3.63) is 0 Å².